The maximum Gasteiger partial charge on any atom is 0.230 e. The molecule has 0 spiro atoms. The molecule has 1 heterocycles. The van der Waals surface area contributed by atoms with Crippen LogP contribution in [0.15, 0.2) is 0 Å². The van der Waals surface area contributed by atoms with E-state index < -0.39 is 0 Å². The highest BCUT2D eigenvalue weighted by atomic mass is 16.3. The third-order valence-corrected chi connectivity index (χ3v) is 4.29. The minimum Gasteiger partial charge on any atom is -0.394 e. The molecule has 1 N–H and O–H groups in total. The molecule has 1 saturated carbocycles. The summed E-state index contributed by atoms with van der Waals surface area (Å²) in [6.07, 6.45) is 7.21. The lowest BCUT2D eigenvalue weighted by Crippen LogP contribution is -2.39. The molecule has 2 fully saturated rings. The van der Waals surface area contributed by atoms with Crippen molar-refractivity contribution in [2.24, 2.45) is 5.92 Å². The van der Waals surface area contributed by atoms with Crippen LogP contribution in [-0.2, 0) is 9.59 Å². The van der Waals surface area contributed by atoms with Crippen LogP contribution in [0.1, 0.15) is 51.4 Å². The van der Waals surface area contributed by atoms with E-state index >= 15 is 0 Å². The van der Waals surface area contributed by atoms with Gasteiger partial charge in [0.15, 0.2) is 0 Å². The molecular weight excluding hydrogens is 230 g/mol. The summed E-state index contributed by atoms with van der Waals surface area (Å²) in [6, 6.07) is -0.0587. The average Bonchev–Trinajstić information content (AvgIpc) is 2.88. The summed E-state index contributed by atoms with van der Waals surface area (Å²) in [4.78, 5) is 25.8. The molecule has 1 aliphatic carbocycles. The molecule has 18 heavy (non-hydrogen) atoms. The highest BCUT2D eigenvalue weighted by molar-refractivity contribution is 5.99. The minimum absolute atomic E-state index is 0.0172. The number of aliphatic hydroxyl groups excluding tert-OH is 1. The van der Waals surface area contributed by atoms with Gasteiger partial charge < -0.3 is 10.0 Å². The fourth-order valence-corrected chi connectivity index (χ4v) is 3.17. The van der Waals surface area contributed by atoms with Crippen LogP contribution >= 0.6 is 0 Å². The van der Waals surface area contributed by atoms with E-state index in [0.29, 0.717) is 6.54 Å². The number of likely N-dealkylation sites (tertiary alicyclic amines) is 1. The maximum absolute atomic E-state index is 12.1. The third kappa shape index (κ3) is 3.10. The summed E-state index contributed by atoms with van der Waals surface area (Å²) >= 11 is 0. The predicted molar refractivity (Wildman–Crippen MR) is 68.0 cm³/mol. The van der Waals surface area contributed by atoms with Gasteiger partial charge in [0.1, 0.15) is 5.78 Å². The molecule has 102 valence electrons. The number of aliphatic hydroxyl groups is 1. The molecule has 2 rings (SSSR count). The number of ketones is 1. The quantitative estimate of drug-likeness (QED) is 0.773. The van der Waals surface area contributed by atoms with Crippen molar-refractivity contribution in [2.45, 2.75) is 57.4 Å². The fourth-order valence-electron chi connectivity index (χ4n) is 3.17. The molecular formula is C14H23NO3. The largest absolute Gasteiger partial charge is 0.394 e. The number of rotatable bonds is 4. The topological polar surface area (TPSA) is 57.6 Å². The van der Waals surface area contributed by atoms with Crippen molar-refractivity contribution in [3.05, 3.63) is 0 Å². The van der Waals surface area contributed by atoms with Crippen LogP contribution in [0.5, 0.6) is 0 Å². The predicted octanol–water partition coefficient (Wildman–Crippen LogP) is 1.51. The third-order valence-electron chi connectivity index (χ3n) is 4.29. The first-order valence-corrected chi connectivity index (χ1v) is 7.15. The summed E-state index contributed by atoms with van der Waals surface area (Å²) in [7, 11) is 0. The second kappa shape index (κ2) is 6.32. The van der Waals surface area contributed by atoms with E-state index in [-0.39, 0.29) is 36.7 Å². The Morgan fingerprint density at radius 3 is 2.44 bits per heavy atom. The smallest absolute Gasteiger partial charge is 0.230 e. The number of hydrogen-bond donors (Lipinski definition) is 1. The van der Waals surface area contributed by atoms with Crippen molar-refractivity contribution in [1.29, 1.82) is 0 Å². The molecule has 1 atom stereocenters. The van der Waals surface area contributed by atoms with Crippen LogP contribution in [0.4, 0.5) is 0 Å². The van der Waals surface area contributed by atoms with E-state index in [4.69, 9.17) is 0 Å². The second-order valence-corrected chi connectivity index (χ2v) is 5.54. The molecule has 0 radical (unpaired) electrons. The summed E-state index contributed by atoms with van der Waals surface area (Å²) in [5, 5.41) is 9.19. The Morgan fingerprint density at radius 1 is 1.06 bits per heavy atom. The van der Waals surface area contributed by atoms with E-state index in [0.717, 1.165) is 38.5 Å². The second-order valence-electron chi connectivity index (χ2n) is 5.54. The van der Waals surface area contributed by atoms with Crippen molar-refractivity contribution < 1.29 is 14.7 Å². The van der Waals surface area contributed by atoms with Crippen LogP contribution in [0.3, 0.4) is 0 Å². The lowest BCUT2D eigenvalue weighted by molar-refractivity contribution is -0.138. The molecule has 1 saturated heterocycles. The van der Waals surface area contributed by atoms with E-state index in [2.05, 4.69) is 0 Å². The fraction of sp³-hybridized carbons (Fsp3) is 0.857. The molecule has 0 aromatic rings. The Bertz CT molecular complexity index is 310. The van der Waals surface area contributed by atoms with E-state index in [1.807, 2.05) is 0 Å². The van der Waals surface area contributed by atoms with Crippen LogP contribution < -0.4 is 0 Å². The van der Waals surface area contributed by atoms with Crippen LogP contribution in [0.2, 0.25) is 0 Å². The Kier molecular flexibility index (Phi) is 4.75. The molecule has 2 aliphatic rings. The number of Topliss-reactive ketones (excluding diaryl/α,β-unsaturated/α-hetero) is 1. The number of carbonyl (C=O) groups excluding carboxylic acids is 2. The molecule has 0 aromatic carbocycles. The number of amides is 1. The minimum atomic E-state index is -0.0814. The summed E-state index contributed by atoms with van der Waals surface area (Å²) in [5.41, 5.74) is 0. The zero-order valence-electron chi connectivity index (χ0n) is 10.9. The first-order chi connectivity index (χ1) is 8.72. The van der Waals surface area contributed by atoms with Crippen LogP contribution in [-0.4, -0.2) is 40.9 Å². The maximum atomic E-state index is 12.1. The molecule has 1 aliphatic heterocycles. The van der Waals surface area contributed by atoms with E-state index in [1.54, 1.807) is 4.90 Å². The Hall–Kier alpha value is -0.900. The van der Waals surface area contributed by atoms with Gasteiger partial charge >= 0.3 is 0 Å². The van der Waals surface area contributed by atoms with E-state index in [9.17, 15) is 14.7 Å². The summed E-state index contributed by atoms with van der Waals surface area (Å²) in [6.45, 7) is 0.714. The highest BCUT2D eigenvalue weighted by Gasteiger charge is 2.31. The molecule has 4 heteroatoms. The van der Waals surface area contributed by atoms with Crippen LogP contribution in [0, 0.1) is 5.92 Å². The van der Waals surface area contributed by atoms with E-state index in [1.165, 1.54) is 6.42 Å². The standard InChI is InChI=1S/C14H23NO3/c16-10-12-7-4-8-15(12)14(18)9-13(17)11-5-2-1-3-6-11/h11-12,16H,1-10H2/t12-/m0/s1. The van der Waals surface area contributed by atoms with Gasteiger partial charge in [0, 0.05) is 12.5 Å². The first-order valence-electron chi connectivity index (χ1n) is 7.15. The van der Waals surface area contributed by atoms with Gasteiger partial charge in [-0.05, 0) is 25.7 Å². The van der Waals surface area contributed by atoms with Gasteiger partial charge in [-0.3, -0.25) is 9.59 Å². The Morgan fingerprint density at radius 2 is 1.78 bits per heavy atom. The normalized spacial score (nSPS) is 25.4. The zero-order valence-corrected chi connectivity index (χ0v) is 10.9. The molecule has 0 bridgehead atoms. The van der Waals surface area contributed by atoms with Gasteiger partial charge in [-0.2, -0.15) is 0 Å². The number of hydrogen-bond acceptors (Lipinski definition) is 3. The van der Waals surface area contributed by atoms with Gasteiger partial charge in [-0.1, -0.05) is 19.3 Å². The highest BCUT2D eigenvalue weighted by Crippen LogP contribution is 2.26. The lowest BCUT2D eigenvalue weighted by Gasteiger charge is -2.25. The van der Waals surface area contributed by atoms with Gasteiger partial charge in [0.2, 0.25) is 5.91 Å². The molecule has 0 unspecified atom stereocenters. The average molecular weight is 253 g/mol. The molecule has 4 nitrogen and oxygen atoms in total. The number of nitrogens with zero attached hydrogens (tertiary/aromatic N) is 1. The van der Waals surface area contributed by atoms with Gasteiger partial charge in [0.25, 0.3) is 0 Å². The SMILES string of the molecule is O=C(CC(=O)N1CCC[C@H]1CO)C1CCCCC1. The lowest BCUT2D eigenvalue weighted by atomic mass is 9.85. The zero-order chi connectivity index (χ0) is 13.0. The van der Waals surface area contributed by atoms with Crippen LogP contribution in [0.25, 0.3) is 0 Å². The molecule has 1 amide bonds. The number of carbonyl (C=O) groups is 2. The molecule has 0 aromatic heterocycles. The van der Waals surface area contributed by atoms with Crippen molar-refractivity contribution in [2.75, 3.05) is 13.2 Å². The van der Waals surface area contributed by atoms with Crippen molar-refractivity contribution in [1.82, 2.24) is 4.90 Å². The van der Waals surface area contributed by atoms with Crippen molar-refractivity contribution >= 4 is 11.7 Å². The summed E-state index contributed by atoms with van der Waals surface area (Å²) in [5.74, 6) is 0.142. The van der Waals surface area contributed by atoms with Crippen molar-refractivity contribution in [3.63, 3.8) is 0 Å². The van der Waals surface area contributed by atoms with Crippen molar-refractivity contribution in [3.8, 4) is 0 Å². The van der Waals surface area contributed by atoms with Gasteiger partial charge in [0.05, 0.1) is 19.1 Å². The Balaban J connectivity index is 1.84. The monoisotopic (exact) mass is 253 g/mol. The van der Waals surface area contributed by atoms with Gasteiger partial charge in [-0.25, -0.2) is 0 Å². The summed E-state index contributed by atoms with van der Waals surface area (Å²) < 4.78 is 0. The Labute approximate surface area is 108 Å². The first kappa shape index (κ1) is 13.5. The van der Waals surface area contributed by atoms with Gasteiger partial charge in [-0.15, -0.1) is 0 Å².